The summed E-state index contributed by atoms with van der Waals surface area (Å²) >= 11 is 0. The van der Waals surface area contributed by atoms with E-state index in [1.807, 2.05) is 60.7 Å². The Morgan fingerprint density at radius 1 is 1.04 bits per heavy atom. The Morgan fingerprint density at radius 2 is 1.73 bits per heavy atom. The van der Waals surface area contributed by atoms with Gasteiger partial charge in [0.25, 0.3) is 0 Å². The molecule has 0 saturated heterocycles. The number of benzene rings is 2. The van der Waals surface area contributed by atoms with Crippen LogP contribution in [0.3, 0.4) is 0 Å². The molecule has 6 heteroatoms. The predicted molar refractivity (Wildman–Crippen MR) is 103 cm³/mol. The molecule has 2 heterocycles. The molecule has 1 amide bonds. The zero-order chi connectivity index (χ0) is 17.9. The van der Waals surface area contributed by atoms with Gasteiger partial charge in [0.1, 0.15) is 5.82 Å². The monoisotopic (exact) mass is 363 g/mol. The van der Waals surface area contributed by atoms with Crippen molar-refractivity contribution in [3.8, 4) is 5.69 Å². The van der Waals surface area contributed by atoms with Gasteiger partial charge in [0.2, 0.25) is 5.91 Å². The fraction of sp³-hybridized carbons (Fsp3) is 0.100. The van der Waals surface area contributed by atoms with Crippen LogP contribution in [0.5, 0.6) is 0 Å². The number of nitrogens with one attached hydrogen (secondary N) is 1. The van der Waals surface area contributed by atoms with Crippen LogP contribution < -0.4 is 5.32 Å². The maximum Gasteiger partial charge on any atom is 0.249 e. The number of fused-ring (bicyclic) bond motifs is 1. The van der Waals surface area contributed by atoms with Gasteiger partial charge in [-0.05, 0) is 23.8 Å². The Balaban J connectivity index is 1.64. The van der Waals surface area contributed by atoms with E-state index >= 15 is 0 Å². The summed E-state index contributed by atoms with van der Waals surface area (Å²) in [6, 6.07) is 19.2. The first-order chi connectivity index (χ1) is 12.7. The Hall–Kier alpha value is -2.99. The van der Waals surface area contributed by atoms with Crippen molar-refractivity contribution < 1.29 is 9.00 Å². The number of rotatable bonds is 4. The van der Waals surface area contributed by atoms with Gasteiger partial charge in [0, 0.05) is 22.4 Å². The predicted octanol–water partition coefficient (Wildman–Crippen LogP) is 3.29. The third-order valence-electron chi connectivity index (χ3n) is 4.14. The van der Waals surface area contributed by atoms with Crippen molar-refractivity contribution in [3.05, 3.63) is 83.6 Å². The first-order valence-corrected chi connectivity index (χ1v) is 9.75. The third kappa shape index (κ3) is 3.36. The molecule has 2 aromatic carbocycles. The van der Waals surface area contributed by atoms with Crippen molar-refractivity contribution >= 4 is 28.6 Å². The molecule has 0 saturated carbocycles. The fourth-order valence-electron chi connectivity index (χ4n) is 2.91. The summed E-state index contributed by atoms with van der Waals surface area (Å²) in [6.07, 6.45) is 3.26. The first-order valence-electron chi connectivity index (χ1n) is 8.26. The number of hydrogen-bond donors (Lipinski definition) is 1. The number of hydrogen-bond acceptors (Lipinski definition) is 3. The average Bonchev–Trinajstić information content (AvgIpc) is 3.19. The minimum Gasteiger partial charge on any atom is -0.307 e. The summed E-state index contributed by atoms with van der Waals surface area (Å²) in [5.41, 5.74) is 3.45. The molecular weight excluding hydrogens is 346 g/mol. The maximum atomic E-state index is 12.4. The van der Waals surface area contributed by atoms with E-state index in [0.29, 0.717) is 17.3 Å². The molecule has 1 aliphatic heterocycles. The first kappa shape index (κ1) is 16.5. The zero-order valence-electron chi connectivity index (χ0n) is 14.0. The molecule has 0 spiro atoms. The van der Waals surface area contributed by atoms with Gasteiger partial charge in [-0.15, -0.1) is 0 Å². The molecule has 1 aliphatic rings. The summed E-state index contributed by atoms with van der Waals surface area (Å²) in [6.45, 7) is 0. The molecule has 1 aromatic heterocycles. The van der Waals surface area contributed by atoms with Gasteiger partial charge in [0.05, 0.1) is 22.9 Å². The number of amides is 1. The van der Waals surface area contributed by atoms with E-state index in [4.69, 9.17) is 0 Å². The lowest BCUT2D eigenvalue weighted by Crippen LogP contribution is -2.14. The second-order valence-corrected chi connectivity index (χ2v) is 7.44. The van der Waals surface area contributed by atoms with E-state index in [2.05, 4.69) is 10.4 Å². The Bertz CT molecular complexity index is 995. The summed E-state index contributed by atoms with van der Waals surface area (Å²) in [5.74, 6) is 1.20. The van der Waals surface area contributed by atoms with Crippen LogP contribution in [0.4, 0.5) is 5.82 Å². The molecular formula is C20H17N3O2S. The zero-order valence-corrected chi connectivity index (χ0v) is 14.8. The lowest BCUT2D eigenvalue weighted by Gasteiger charge is -2.09. The van der Waals surface area contributed by atoms with Crippen LogP contribution in [-0.2, 0) is 27.1 Å². The second-order valence-electron chi connectivity index (χ2n) is 5.98. The fourth-order valence-corrected chi connectivity index (χ4v) is 4.17. The standard InChI is InChI=1S/C20H17N3O2S/c24-19(12-11-15-7-3-1-4-8-15)21-20-17-13-26(25)14-18(17)22-23(20)16-9-5-2-6-10-16/h1-12H,13-14H2,(H,21,24)/b12-11-/t26-/m0/s1. The van der Waals surface area contributed by atoms with E-state index in [0.717, 1.165) is 22.5 Å². The number of nitrogens with zero attached hydrogens (tertiary/aromatic N) is 2. The Labute approximate surface area is 153 Å². The number of aromatic nitrogens is 2. The molecule has 5 nitrogen and oxygen atoms in total. The van der Waals surface area contributed by atoms with Crippen LogP contribution in [0.15, 0.2) is 66.7 Å². The summed E-state index contributed by atoms with van der Waals surface area (Å²) in [5, 5.41) is 7.49. The van der Waals surface area contributed by atoms with Crippen LogP contribution in [0.1, 0.15) is 16.8 Å². The van der Waals surface area contributed by atoms with E-state index < -0.39 is 10.8 Å². The molecule has 3 aromatic rings. The number of para-hydroxylation sites is 1. The molecule has 0 unspecified atom stereocenters. The van der Waals surface area contributed by atoms with Gasteiger partial charge in [-0.1, -0.05) is 48.5 Å². The molecule has 1 N–H and O–H groups in total. The topological polar surface area (TPSA) is 64.0 Å². The van der Waals surface area contributed by atoms with Crippen molar-refractivity contribution in [3.63, 3.8) is 0 Å². The van der Waals surface area contributed by atoms with Crippen molar-refractivity contribution in [2.45, 2.75) is 11.5 Å². The highest BCUT2D eigenvalue weighted by Gasteiger charge is 2.27. The molecule has 0 bridgehead atoms. The Morgan fingerprint density at radius 3 is 2.46 bits per heavy atom. The van der Waals surface area contributed by atoms with Gasteiger partial charge in [-0.3, -0.25) is 9.00 Å². The van der Waals surface area contributed by atoms with E-state index in [1.165, 1.54) is 6.08 Å². The van der Waals surface area contributed by atoms with Crippen LogP contribution in [0, 0.1) is 0 Å². The molecule has 0 radical (unpaired) electrons. The smallest absolute Gasteiger partial charge is 0.249 e. The quantitative estimate of drug-likeness (QED) is 0.724. The van der Waals surface area contributed by atoms with Gasteiger partial charge >= 0.3 is 0 Å². The SMILES string of the molecule is O=C(/C=C\c1ccccc1)Nc1c2c(nn1-c1ccccc1)C[S@@](=O)C2. The highest BCUT2D eigenvalue weighted by molar-refractivity contribution is 7.83. The van der Waals surface area contributed by atoms with Crippen molar-refractivity contribution in [1.29, 1.82) is 0 Å². The van der Waals surface area contributed by atoms with Crippen LogP contribution in [0.2, 0.25) is 0 Å². The molecule has 0 fully saturated rings. The lowest BCUT2D eigenvalue weighted by atomic mass is 10.2. The van der Waals surface area contributed by atoms with Gasteiger partial charge < -0.3 is 5.32 Å². The second kappa shape index (κ2) is 7.09. The van der Waals surface area contributed by atoms with E-state index in [9.17, 15) is 9.00 Å². The molecule has 26 heavy (non-hydrogen) atoms. The van der Waals surface area contributed by atoms with Crippen molar-refractivity contribution in [2.75, 3.05) is 5.32 Å². The lowest BCUT2D eigenvalue weighted by molar-refractivity contribution is -0.111. The van der Waals surface area contributed by atoms with Crippen LogP contribution >= 0.6 is 0 Å². The number of anilines is 1. The van der Waals surface area contributed by atoms with E-state index in [1.54, 1.807) is 10.8 Å². The van der Waals surface area contributed by atoms with Gasteiger partial charge in [-0.2, -0.15) is 5.10 Å². The highest BCUT2D eigenvalue weighted by Crippen LogP contribution is 2.31. The van der Waals surface area contributed by atoms with E-state index in [-0.39, 0.29) is 5.91 Å². The maximum absolute atomic E-state index is 12.4. The third-order valence-corrected chi connectivity index (χ3v) is 5.34. The summed E-state index contributed by atoms with van der Waals surface area (Å²) in [7, 11) is -0.957. The minimum absolute atomic E-state index is 0.244. The minimum atomic E-state index is -0.957. The molecule has 0 aliphatic carbocycles. The Kier molecular flexibility index (Phi) is 4.50. The number of carbonyl (C=O) groups excluding carboxylic acids is 1. The normalized spacial score (nSPS) is 15.9. The number of carbonyl (C=O) groups is 1. The van der Waals surface area contributed by atoms with Crippen LogP contribution in [-0.4, -0.2) is 19.9 Å². The molecule has 4 rings (SSSR count). The molecule has 130 valence electrons. The van der Waals surface area contributed by atoms with Gasteiger partial charge in [-0.25, -0.2) is 4.68 Å². The van der Waals surface area contributed by atoms with Gasteiger partial charge in [0.15, 0.2) is 0 Å². The average molecular weight is 363 g/mol. The largest absolute Gasteiger partial charge is 0.307 e. The highest BCUT2D eigenvalue weighted by atomic mass is 32.2. The van der Waals surface area contributed by atoms with Crippen molar-refractivity contribution in [2.24, 2.45) is 0 Å². The summed E-state index contributed by atoms with van der Waals surface area (Å²) < 4.78 is 13.6. The molecule has 1 atom stereocenters. The van der Waals surface area contributed by atoms with Crippen molar-refractivity contribution in [1.82, 2.24) is 9.78 Å². The summed E-state index contributed by atoms with van der Waals surface area (Å²) in [4.78, 5) is 12.4. The van der Waals surface area contributed by atoms with Crippen LogP contribution in [0.25, 0.3) is 11.8 Å².